The first-order chi connectivity index (χ1) is 14.1. The molecule has 2 amide bonds. The normalized spacial score (nSPS) is 10.4. The number of amides is 2. The first-order valence-electron chi connectivity index (χ1n) is 9.36. The number of ether oxygens (including phenoxy) is 2. The van der Waals surface area contributed by atoms with Crippen LogP contribution in [0.5, 0.6) is 11.5 Å². The molecule has 0 aromatic heterocycles. The summed E-state index contributed by atoms with van der Waals surface area (Å²) in [5.41, 5.74) is 1.44. The van der Waals surface area contributed by atoms with Crippen molar-refractivity contribution in [1.29, 1.82) is 0 Å². The van der Waals surface area contributed by atoms with Gasteiger partial charge in [-0.25, -0.2) is 0 Å². The van der Waals surface area contributed by atoms with Gasteiger partial charge < -0.3 is 20.1 Å². The molecule has 0 aliphatic carbocycles. The number of benzene rings is 3. The summed E-state index contributed by atoms with van der Waals surface area (Å²) < 4.78 is 10.4. The zero-order chi connectivity index (χ0) is 20.6. The van der Waals surface area contributed by atoms with Crippen LogP contribution in [0.2, 0.25) is 0 Å². The highest BCUT2D eigenvalue weighted by atomic mass is 16.5. The second-order valence-corrected chi connectivity index (χ2v) is 6.50. The highest BCUT2D eigenvalue weighted by Crippen LogP contribution is 2.27. The maximum absolute atomic E-state index is 12.5. The monoisotopic (exact) mass is 392 g/mol. The van der Waals surface area contributed by atoms with Gasteiger partial charge in [-0.1, -0.05) is 42.5 Å². The highest BCUT2D eigenvalue weighted by Gasteiger charge is 2.10. The Hall–Kier alpha value is -3.54. The molecule has 0 saturated heterocycles. The quantitative estimate of drug-likeness (QED) is 0.578. The molecule has 0 saturated carbocycles. The van der Waals surface area contributed by atoms with Crippen molar-refractivity contribution in [2.45, 2.75) is 6.42 Å². The molecule has 6 nitrogen and oxygen atoms in total. The predicted molar refractivity (Wildman–Crippen MR) is 113 cm³/mol. The zero-order valence-corrected chi connectivity index (χ0v) is 16.5. The molecule has 150 valence electrons. The first kappa shape index (κ1) is 20.2. The van der Waals surface area contributed by atoms with Crippen LogP contribution in [0.3, 0.4) is 0 Å². The van der Waals surface area contributed by atoms with Gasteiger partial charge in [0, 0.05) is 18.7 Å². The fraction of sp³-hybridized carbons (Fsp3) is 0.217. The number of nitrogens with one attached hydrogen (secondary N) is 2. The minimum atomic E-state index is -0.157. The molecule has 0 aliphatic rings. The molecular weight excluding hydrogens is 368 g/mol. The van der Waals surface area contributed by atoms with Crippen molar-refractivity contribution < 1.29 is 19.1 Å². The van der Waals surface area contributed by atoms with Crippen LogP contribution in [0.1, 0.15) is 15.9 Å². The Labute approximate surface area is 169 Å². The summed E-state index contributed by atoms with van der Waals surface area (Å²) in [4.78, 5) is 24.6. The topological polar surface area (TPSA) is 76.7 Å². The van der Waals surface area contributed by atoms with E-state index in [-0.39, 0.29) is 18.2 Å². The summed E-state index contributed by atoms with van der Waals surface area (Å²) in [6.07, 6.45) is 0.220. The maximum atomic E-state index is 12.5. The molecule has 0 bridgehead atoms. The van der Waals surface area contributed by atoms with Crippen molar-refractivity contribution in [2.75, 3.05) is 27.3 Å². The van der Waals surface area contributed by atoms with Gasteiger partial charge in [0.15, 0.2) is 11.5 Å². The molecule has 0 fully saturated rings. The van der Waals surface area contributed by atoms with Crippen LogP contribution in [0.25, 0.3) is 10.8 Å². The summed E-state index contributed by atoms with van der Waals surface area (Å²) in [7, 11) is 3.12. The zero-order valence-electron chi connectivity index (χ0n) is 16.5. The van der Waals surface area contributed by atoms with Crippen LogP contribution in [0.15, 0.2) is 60.7 Å². The van der Waals surface area contributed by atoms with E-state index in [0.29, 0.717) is 30.2 Å². The van der Waals surface area contributed by atoms with E-state index in [0.717, 1.165) is 16.3 Å². The average molecular weight is 392 g/mol. The third-order valence-electron chi connectivity index (χ3n) is 4.58. The largest absolute Gasteiger partial charge is 0.493 e. The van der Waals surface area contributed by atoms with Crippen molar-refractivity contribution in [2.24, 2.45) is 0 Å². The summed E-state index contributed by atoms with van der Waals surface area (Å²) in [6, 6.07) is 18.8. The Balaban J connectivity index is 1.49. The molecule has 3 aromatic carbocycles. The number of rotatable bonds is 8. The lowest BCUT2D eigenvalue weighted by molar-refractivity contribution is -0.120. The molecule has 0 atom stereocenters. The fourth-order valence-electron chi connectivity index (χ4n) is 3.14. The van der Waals surface area contributed by atoms with Gasteiger partial charge in [0.1, 0.15) is 0 Å². The van der Waals surface area contributed by atoms with Gasteiger partial charge in [-0.3, -0.25) is 9.59 Å². The molecule has 29 heavy (non-hydrogen) atoms. The molecular formula is C23H24N2O4. The van der Waals surface area contributed by atoms with Crippen LogP contribution in [0, 0.1) is 0 Å². The Morgan fingerprint density at radius 2 is 1.55 bits per heavy atom. The molecule has 3 aromatic rings. The fourth-order valence-corrected chi connectivity index (χ4v) is 3.14. The van der Waals surface area contributed by atoms with E-state index in [1.165, 1.54) is 0 Å². The minimum Gasteiger partial charge on any atom is -0.493 e. The lowest BCUT2D eigenvalue weighted by Crippen LogP contribution is -2.35. The summed E-state index contributed by atoms with van der Waals surface area (Å²) in [5, 5.41) is 7.59. The van der Waals surface area contributed by atoms with Gasteiger partial charge in [-0.05, 0) is 34.5 Å². The van der Waals surface area contributed by atoms with Gasteiger partial charge >= 0.3 is 0 Å². The van der Waals surface area contributed by atoms with Crippen LogP contribution < -0.4 is 20.1 Å². The molecule has 3 rings (SSSR count). The number of hydrogen-bond donors (Lipinski definition) is 2. The number of fused-ring (bicyclic) bond motifs is 1. The SMILES string of the molecule is COc1ccc(CC(=O)NCCNC(=O)c2cccc3ccccc23)cc1OC. The standard InChI is InChI=1S/C23H24N2O4/c1-28-20-11-10-16(14-21(20)29-2)15-22(26)24-12-13-25-23(27)19-9-5-7-17-6-3-4-8-18(17)19/h3-11,14H,12-13,15H2,1-2H3,(H,24,26)(H,25,27). The summed E-state index contributed by atoms with van der Waals surface area (Å²) >= 11 is 0. The smallest absolute Gasteiger partial charge is 0.251 e. The molecule has 0 spiro atoms. The van der Waals surface area contributed by atoms with Gasteiger partial charge in [0.2, 0.25) is 5.91 Å². The summed E-state index contributed by atoms with van der Waals surface area (Å²) in [6.45, 7) is 0.697. The Kier molecular flexibility index (Phi) is 6.68. The van der Waals surface area contributed by atoms with Crippen LogP contribution in [0.4, 0.5) is 0 Å². The number of methoxy groups -OCH3 is 2. The summed E-state index contributed by atoms with van der Waals surface area (Å²) in [5.74, 6) is 0.917. The number of hydrogen-bond acceptors (Lipinski definition) is 4. The third-order valence-corrected chi connectivity index (χ3v) is 4.58. The second-order valence-electron chi connectivity index (χ2n) is 6.50. The minimum absolute atomic E-state index is 0.128. The van der Waals surface area contributed by atoms with E-state index in [1.807, 2.05) is 42.5 Å². The lowest BCUT2D eigenvalue weighted by Gasteiger charge is -2.11. The van der Waals surface area contributed by atoms with Crippen molar-refractivity contribution in [3.63, 3.8) is 0 Å². The maximum Gasteiger partial charge on any atom is 0.251 e. The number of carbonyl (C=O) groups excluding carboxylic acids is 2. The molecule has 0 heterocycles. The van der Waals surface area contributed by atoms with E-state index in [4.69, 9.17) is 9.47 Å². The molecule has 2 N–H and O–H groups in total. The van der Waals surface area contributed by atoms with Crippen molar-refractivity contribution in [3.8, 4) is 11.5 Å². The van der Waals surface area contributed by atoms with Crippen molar-refractivity contribution >= 4 is 22.6 Å². The van der Waals surface area contributed by atoms with Crippen molar-refractivity contribution in [1.82, 2.24) is 10.6 Å². The molecule has 0 radical (unpaired) electrons. The number of carbonyl (C=O) groups is 2. The van der Waals surface area contributed by atoms with Crippen LogP contribution >= 0.6 is 0 Å². The van der Waals surface area contributed by atoms with Gasteiger partial charge in [0.25, 0.3) is 5.91 Å². The van der Waals surface area contributed by atoms with Crippen LogP contribution in [-0.2, 0) is 11.2 Å². The van der Waals surface area contributed by atoms with E-state index in [1.54, 1.807) is 32.4 Å². The first-order valence-corrected chi connectivity index (χ1v) is 9.36. The van der Waals surface area contributed by atoms with E-state index >= 15 is 0 Å². The van der Waals surface area contributed by atoms with Crippen molar-refractivity contribution in [3.05, 3.63) is 71.8 Å². The Morgan fingerprint density at radius 3 is 2.34 bits per heavy atom. The second kappa shape index (κ2) is 9.59. The van der Waals surface area contributed by atoms with E-state index < -0.39 is 0 Å². The van der Waals surface area contributed by atoms with Gasteiger partial charge in [0.05, 0.1) is 20.6 Å². The van der Waals surface area contributed by atoms with E-state index in [2.05, 4.69) is 10.6 Å². The molecule has 6 heteroatoms. The predicted octanol–water partition coefficient (Wildman–Crippen LogP) is 2.95. The van der Waals surface area contributed by atoms with Gasteiger partial charge in [-0.15, -0.1) is 0 Å². The highest BCUT2D eigenvalue weighted by molar-refractivity contribution is 6.07. The van der Waals surface area contributed by atoms with E-state index in [9.17, 15) is 9.59 Å². The third kappa shape index (κ3) is 5.04. The van der Waals surface area contributed by atoms with Crippen LogP contribution in [-0.4, -0.2) is 39.1 Å². The molecule has 0 unspecified atom stereocenters. The Bertz CT molecular complexity index is 1010. The average Bonchev–Trinajstić information content (AvgIpc) is 2.76. The lowest BCUT2D eigenvalue weighted by atomic mass is 10.0. The Morgan fingerprint density at radius 1 is 0.828 bits per heavy atom. The van der Waals surface area contributed by atoms with Gasteiger partial charge in [-0.2, -0.15) is 0 Å². The molecule has 0 aliphatic heterocycles.